The Morgan fingerprint density at radius 2 is 2.10 bits per heavy atom. The van der Waals surface area contributed by atoms with Gasteiger partial charge in [-0.25, -0.2) is 4.79 Å². The van der Waals surface area contributed by atoms with Crippen molar-refractivity contribution in [3.63, 3.8) is 0 Å². The van der Waals surface area contributed by atoms with E-state index in [2.05, 4.69) is 0 Å². The molecular weight excluding hydrogens is 258 g/mol. The lowest BCUT2D eigenvalue weighted by Crippen LogP contribution is -2.41. The lowest BCUT2D eigenvalue weighted by molar-refractivity contribution is -0.154. The number of likely N-dealkylation sites (tertiary alicyclic amines) is 1. The van der Waals surface area contributed by atoms with Crippen LogP contribution in [0.15, 0.2) is 30.3 Å². The first-order chi connectivity index (χ1) is 9.50. The summed E-state index contributed by atoms with van der Waals surface area (Å²) in [7, 11) is 0. The van der Waals surface area contributed by atoms with Gasteiger partial charge in [0.25, 0.3) is 0 Å². The van der Waals surface area contributed by atoms with E-state index in [1.54, 1.807) is 13.8 Å². The van der Waals surface area contributed by atoms with Gasteiger partial charge in [-0.3, -0.25) is 4.79 Å². The van der Waals surface area contributed by atoms with Crippen LogP contribution in [-0.2, 0) is 20.9 Å². The van der Waals surface area contributed by atoms with Gasteiger partial charge in [-0.1, -0.05) is 37.3 Å². The molecule has 20 heavy (non-hydrogen) atoms. The number of benzene rings is 1. The molecule has 5 heteroatoms. The summed E-state index contributed by atoms with van der Waals surface area (Å²) in [4.78, 5) is 25.2. The van der Waals surface area contributed by atoms with Gasteiger partial charge >= 0.3 is 5.97 Å². The Balaban J connectivity index is 1.91. The fourth-order valence-corrected chi connectivity index (χ4v) is 2.20. The van der Waals surface area contributed by atoms with Crippen molar-refractivity contribution >= 4 is 11.9 Å². The predicted molar refractivity (Wildman–Crippen MR) is 72.6 cm³/mol. The molecule has 0 aliphatic carbocycles. The molecule has 3 atom stereocenters. The minimum absolute atomic E-state index is 0.182. The molecule has 0 radical (unpaired) electrons. The van der Waals surface area contributed by atoms with Crippen molar-refractivity contribution in [3.8, 4) is 0 Å². The number of carbonyl (C=O) groups is 2. The van der Waals surface area contributed by atoms with Crippen LogP contribution >= 0.6 is 0 Å². The van der Waals surface area contributed by atoms with Crippen molar-refractivity contribution in [3.05, 3.63) is 35.9 Å². The van der Waals surface area contributed by atoms with Crippen LogP contribution in [0.4, 0.5) is 0 Å². The summed E-state index contributed by atoms with van der Waals surface area (Å²) in [6, 6.07) is 8.68. The number of nitrogens with zero attached hydrogens (tertiary/aromatic N) is 1. The number of esters is 1. The minimum Gasteiger partial charge on any atom is -0.459 e. The summed E-state index contributed by atoms with van der Waals surface area (Å²) in [5.74, 6) is -1.12. The Labute approximate surface area is 118 Å². The van der Waals surface area contributed by atoms with E-state index in [9.17, 15) is 14.7 Å². The number of hydrogen-bond acceptors (Lipinski definition) is 4. The molecule has 5 nitrogen and oxygen atoms in total. The van der Waals surface area contributed by atoms with Crippen LogP contribution in [0, 0.1) is 5.92 Å². The highest BCUT2D eigenvalue weighted by Crippen LogP contribution is 2.21. The average Bonchev–Trinajstić information content (AvgIpc) is 2.72. The molecule has 0 saturated carbocycles. The maximum absolute atomic E-state index is 12.0. The van der Waals surface area contributed by atoms with Crippen molar-refractivity contribution in [2.75, 3.05) is 6.54 Å². The molecule has 1 aliphatic rings. The predicted octanol–water partition coefficient (Wildman–Crippen LogP) is 0.958. The first-order valence-electron chi connectivity index (χ1n) is 6.70. The summed E-state index contributed by atoms with van der Waals surface area (Å²) in [6.45, 7) is 3.65. The van der Waals surface area contributed by atoms with Gasteiger partial charge in [-0.15, -0.1) is 0 Å². The van der Waals surface area contributed by atoms with Crippen molar-refractivity contribution in [1.29, 1.82) is 0 Å². The van der Waals surface area contributed by atoms with E-state index < -0.39 is 24.0 Å². The third kappa shape index (κ3) is 2.99. The van der Waals surface area contributed by atoms with Gasteiger partial charge in [0.15, 0.2) is 0 Å². The molecule has 108 valence electrons. The normalized spacial score (nSPS) is 23.8. The summed E-state index contributed by atoms with van der Waals surface area (Å²) in [6.07, 6.45) is -0.716. The summed E-state index contributed by atoms with van der Waals surface area (Å²) >= 11 is 0. The van der Waals surface area contributed by atoms with E-state index >= 15 is 0 Å². The zero-order chi connectivity index (χ0) is 14.7. The van der Waals surface area contributed by atoms with Gasteiger partial charge in [0.2, 0.25) is 5.91 Å². The van der Waals surface area contributed by atoms with Crippen LogP contribution in [0.1, 0.15) is 19.4 Å². The van der Waals surface area contributed by atoms with Crippen molar-refractivity contribution in [2.24, 2.45) is 5.92 Å². The standard InChI is InChI=1S/C15H19NO4/c1-10-13(17)8-16(14(10)18)11(2)15(19)20-9-12-6-4-3-5-7-12/h3-7,10-11,13,17H,8-9H2,1-2H3. The Morgan fingerprint density at radius 3 is 2.65 bits per heavy atom. The summed E-state index contributed by atoms with van der Waals surface area (Å²) < 4.78 is 5.21. The topological polar surface area (TPSA) is 66.8 Å². The Hall–Kier alpha value is -1.88. The number of hydrogen-bond donors (Lipinski definition) is 1. The smallest absolute Gasteiger partial charge is 0.328 e. The number of aliphatic hydroxyl groups is 1. The first-order valence-corrected chi connectivity index (χ1v) is 6.70. The first kappa shape index (κ1) is 14.5. The molecule has 0 bridgehead atoms. The minimum atomic E-state index is -0.716. The third-order valence-electron chi connectivity index (χ3n) is 3.67. The van der Waals surface area contributed by atoms with Gasteiger partial charge in [-0.2, -0.15) is 0 Å². The van der Waals surface area contributed by atoms with Crippen molar-refractivity contribution < 1.29 is 19.4 Å². The molecule has 1 saturated heterocycles. The van der Waals surface area contributed by atoms with Gasteiger partial charge in [0.1, 0.15) is 12.6 Å². The van der Waals surface area contributed by atoms with E-state index in [1.807, 2.05) is 30.3 Å². The number of aliphatic hydroxyl groups excluding tert-OH is 1. The van der Waals surface area contributed by atoms with Crippen molar-refractivity contribution in [2.45, 2.75) is 32.6 Å². The second-order valence-electron chi connectivity index (χ2n) is 5.12. The molecule has 1 aromatic carbocycles. The number of amides is 1. The highest BCUT2D eigenvalue weighted by molar-refractivity contribution is 5.87. The van der Waals surface area contributed by atoms with Crippen LogP contribution in [-0.4, -0.2) is 40.6 Å². The molecule has 2 rings (SSSR count). The maximum atomic E-state index is 12.0. The average molecular weight is 277 g/mol. The molecule has 1 amide bonds. The van der Waals surface area contributed by atoms with E-state index in [0.29, 0.717) is 0 Å². The number of β-amino-alcohol motifs (C(OH)–C–C–N with tert-alkyl or cyclic N) is 1. The third-order valence-corrected chi connectivity index (χ3v) is 3.67. The van der Waals surface area contributed by atoms with Gasteiger partial charge < -0.3 is 14.7 Å². The molecule has 1 aliphatic heterocycles. The Morgan fingerprint density at radius 1 is 1.45 bits per heavy atom. The highest BCUT2D eigenvalue weighted by Gasteiger charge is 2.40. The van der Waals surface area contributed by atoms with Gasteiger partial charge in [0, 0.05) is 6.54 Å². The van der Waals surface area contributed by atoms with Crippen molar-refractivity contribution in [1.82, 2.24) is 4.90 Å². The van der Waals surface area contributed by atoms with Crippen LogP contribution < -0.4 is 0 Å². The second kappa shape index (κ2) is 6.05. The molecule has 1 fully saturated rings. The lowest BCUT2D eigenvalue weighted by atomic mass is 10.1. The molecule has 0 spiro atoms. The maximum Gasteiger partial charge on any atom is 0.328 e. The monoisotopic (exact) mass is 277 g/mol. The van der Waals surface area contributed by atoms with Crippen LogP contribution in [0.3, 0.4) is 0 Å². The summed E-state index contributed by atoms with van der Waals surface area (Å²) in [5.41, 5.74) is 0.897. The zero-order valence-electron chi connectivity index (χ0n) is 11.7. The Bertz CT molecular complexity index is 488. The fourth-order valence-electron chi connectivity index (χ4n) is 2.20. The molecule has 1 N–H and O–H groups in total. The quantitative estimate of drug-likeness (QED) is 0.832. The number of carbonyl (C=O) groups excluding carboxylic acids is 2. The SMILES string of the molecule is CC1C(=O)N(C(C)C(=O)OCc2ccccc2)CC1O. The fraction of sp³-hybridized carbons (Fsp3) is 0.467. The lowest BCUT2D eigenvalue weighted by Gasteiger charge is -2.22. The summed E-state index contributed by atoms with van der Waals surface area (Å²) in [5, 5.41) is 9.66. The molecular formula is C15H19NO4. The zero-order valence-corrected chi connectivity index (χ0v) is 11.7. The van der Waals surface area contributed by atoms with Crippen LogP contribution in [0.2, 0.25) is 0 Å². The largest absolute Gasteiger partial charge is 0.459 e. The van der Waals surface area contributed by atoms with Crippen LogP contribution in [0.25, 0.3) is 0 Å². The second-order valence-corrected chi connectivity index (χ2v) is 5.12. The number of rotatable bonds is 4. The van der Waals surface area contributed by atoms with E-state index in [0.717, 1.165) is 5.56 Å². The molecule has 1 heterocycles. The van der Waals surface area contributed by atoms with E-state index in [1.165, 1.54) is 4.90 Å². The molecule has 0 aromatic heterocycles. The van der Waals surface area contributed by atoms with E-state index in [4.69, 9.17) is 4.74 Å². The number of ether oxygens (including phenoxy) is 1. The van der Waals surface area contributed by atoms with E-state index in [-0.39, 0.29) is 19.1 Å². The van der Waals surface area contributed by atoms with Gasteiger partial charge in [-0.05, 0) is 12.5 Å². The van der Waals surface area contributed by atoms with Gasteiger partial charge in [0.05, 0.1) is 12.0 Å². The molecule has 1 aromatic rings. The highest BCUT2D eigenvalue weighted by atomic mass is 16.5. The molecule has 3 unspecified atom stereocenters. The van der Waals surface area contributed by atoms with Crippen LogP contribution in [0.5, 0.6) is 0 Å². The Kier molecular flexibility index (Phi) is 4.39.